The van der Waals surface area contributed by atoms with Crippen LogP contribution in [-0.2, 0) is 11.2 Å². The standard InChI is InChI=1S/C12H14N2O2/c1-12(16)7-9-5-3-2-4-8(9)6-10(12)11(15)14-13/h2-6,16H,7,13H2,1H3,(H,14,15). The molecule has 0 saturated carbocycles. The number of hydrazine groups is 1. The molecule has 0 bridgehead atoms. The number of rotatable bonds is 1. The minimum Gasteiger partial charge on any atom is -0.385 e. The highest BCUT2D eigenvalue weighted by molar-refractivity contribution is 6.00. The van der Waals surface area contributed by atoms with Crippen LogP contribution in [0.5, 0.6) is 0 Å². The molecular formula is C12H14N2O2. The van der Waals surface area contributed by atoms with E-state index in [1.807, 2.05) is 24.3 Å². The molecule has 1 aromatic carbocycles. The normalized spacial score (nSPS) is 23.3. The predicted octanol–water partition coefficient (Wildman–Crippen LogP) is 0.367. The number of hydrogen-bond donors (Lipinski definition) is 3. The number of fused-ring (bicyclic) bond motifs is 1. The summed E-state index contributed by atoms with van der Waals surface area (Å²) in [5.74, 6) is 4.65. The van der Waals surface area contributed by atoms with Gasteiger partial charge in [0.25, 0.3) is 5.91 Å². The summed E-state index contributed by atoms with van der Waals surface area (Å²) in [5, 5.41) is 10.2. The molecule has 1 aromatic rings. The van der Waals surface area contributed by atoms with Gasteiger partial charge in [-0.1, -0.05) is 24.3 Å². The van der Waals surface area contributed by atoms with Crippen molar-refractivity contribution in [3.63, 3.8) is 0 Å². The monoisotopic (exact) mass is 218 g/mol. The summed E-state index contributed by atoms with van der Waals surface area (Å²) in [6.45, 7) is 1.62. The van der Waals surface area contributed by atoms with E-state index in [2.05, 4.69) is 5.43 Å². The van der Waals surface area contributed by atoms with Crippen molar-refractivity contribution in [2.45, 2.75) is 18.9 Å². The van der Waals surface area contributed by atoms with E-state index in [4.69, 9.17) is 5.84 Å². The number of aliphatic hydroxyl groups is 1. The third-order valence-electron chi connectivity index (χ3n) is 2.85. The highest BCUT2D eigenvalue weighted by atomic mass is 16.3. The first-order valence-electron chi connectivity index (χ1n) is 5.08. The Morgan fingerprint density at radius 3 is 2.88 bits per heavy atom. The fraction of sp³-hybridized carbons (Fsp3) is 0.250. The third-order valence-corrected chi connectivity index (χ3v) is 2.85. The molecule has 0 heterocycles. The highest BCUT2D eigenvalue weighted by Gasteiger charge is 2.34. The van der Waals surface area contributed by atoms with Gasteiger partial charge in [-0.3, -0.25) is 10.2 Å². The maximum absolute atomic E-state index is 11.5. The van der Waals surface area contributed by atoms with Crippen LogP contribution in [0.2, 0.25) is 0 Å². The molecule has 0 aliphatic heterocycles. The summed E-state index contributed by atoms with van der Waals surface area (Å²) in [7, 11) is 0. The van der Waals surface area contributed by atoms with Gasteiger partial charge in [0, 0.05) is 6.42 Å². The molecule has 2 rings (SSSR count). The SMILES string of the molecule is CC1(O)Cc2ccccc2C=C1C(=O)NN. The molecule has 0 spiro atoms. The van der Waals surface area contributed by atoms with Gasteiger partial charge in [-0.05, 0) is 24.1 Å². The van der Waals surface area contributed by atoms with Crippen LogP contribution in [0.15, 0.2) is 29.8 Å². The summed E-state index contributed by atoms with van der Waals surface area (Å²) < 4.78 is 0. The number of hydrogen-bond acceptors (Lipinski definition) is 3. The summed E-state index contributed by atoms with van der Waals surface area (Å²) in [6.07, 6.45) is 2.10. The van der Waals surface area contributed by atoms with E-state index in [9.17, 15) is 9.90 Å². The van der Waals surface area contributed by atoms with Gasteiger partial charge in [-0.25, -0.2) is 5.84 Å². The van der Waals surface area contributed by atoms with Crippen LogP contribution in [-0.4, -0.2) is 16.6 Å². The number of benzene rings is 1. The highest BCUT2D eigenvalue weighted by Crippen LogP contribution is 2.31. The molecule has 0 aromatic heterocycles. The van der Waals surface area contributed by atoms with E-state index >= 15 is 0 Å². The van der Waals surface area contributed by atoms with Crippen LogP contribution >= 0.6 is 0 Å². The summed E-state index contributed by atoms with van der Waals surface area (Å²) in [4.78, 5) is 11.5. The topological polar surface area (TPSA) is 75.3 Å². The molecule has 4 nitrogen and oxygen atoms in total. The third kappa shape index (κ3) is 1.73. The average Bonchev–Trinajstić information content (AvgIpc) is 2.26. The molecule has 84 valence electrons. The zero-order chi connectivity index (χ0) is 11.8. The fourth-order valence-corrected chi connectivity index (χ4v) is 2.00. The number of carbonyl (C=O) groups excluding carboxylic acids is 1. The smallest absolute Gasteiger partial charge is 0.264 e. The number of nitrogens with two attached hydrogens (primary N) is 1. The molecule has 4 N–H and O–H groups in total. The van der Waals surface area contributed by atoms with Crippen LogP contribution < -0.4 is 11.3 Å². The molecule has 1 amide bonds. The Morgan fingerprint density at radius 2 is 2.19 bits per heavy atom. The Kier molecular flexibility index (Phi) is 2.53. The average molecular weight is 218 g/mol. The maximum atomic E-state index is 11.5. The van der Waals surface area contributed by atoms with E-state index in [1.165, 1.54) is 0 Å². The molecule has 1 atom stereocenters. The van der Waals surface area contributed by atoms with Crippen LogP contribution in [0.4, 0.5) is 0 Å². The van der Waals surface area contributed by atoms with E-state index in [0.29, 0.717) is 12.0 Å². The zero-order valence-corrected chi connectivity index (χ0v) is 9.03. The van der Waals surface area contributed by atoms with Crippen molar-refractivity contribution in [2.24, 2.45) is 5.84 Å². The van der Waals surface area contributed by atoms with Crippen molar-refractivity contribution in [3.8, 4) is 0 Å². The van der Waals surface area contributed by atoms with Gasteiger partial charge in [0.1, 0.15) is 0 Å². The second-order valence-corrected chi connectivity index (χ2v) is 4.18. The molecule has 1 aliphatic rings. The number of nitrogens with one attached hydrogen (secondary N) is 1. The van der Waals surface area contributed by atoms with Crippen LogP contribution in [0.25, 0.3) is 6.08 Å². The predicted molar refractivity (Wildman–Crippen MR) is 61.1 cm³/mol. The lowest BCUT2D eigenvalue weighted by molar-refractivity contribution is -0.119. The van der Waals surface area contributed by atoms with Gasteiger partial charge in [0.15, 0.2) is 0 Å². The Hall–Kier alpha value is -1.65. The van der Waals surface area contributed by atoms with Gasteiger partial charge in [0.05, 0.1) is 11.2 Å². The molecule has 0 fully saturated rings. The van der Waals surface area contributed by atoms with Crippen molar-refractivity contribution < 1.29 is 9.90 Å². The Bertz CT molecular complexity index is 464. The Balaban J connectivity index is 2.51. The van der Waals surface area contributed by atoms with Crippen molar-refractivity contribution in [1.82, 2.24) is 5.43 Å². The second kappa shape index (κ2) is 3.73. The molecule has 1 unspecified atom stereocenters. The van der Waals surface area contributed by atoms with E-state index in [-0.39, 0.29) is 0 Å². The Morgan fingerprint density at radius 1 is 1.50 bits per heavy atom. The van der Waals surface area contributed by atoms with E-state index < -0.39 is 11.5 Å². The van der Waals surface area contributed by atoms with E-state index in [1.54, 1.807) is 13.0 Å². The van der Waals surface area contributed by atoms with Crippen molar-refractivity contribution >= 4 is 12.0 Å². The van der Waals surface area contributed by atoms with Gasteiger partial charge < -0.3 is 5.11 Å². The number of carbonyl (C=O) groups is 1. The first-order valence-corrected chi connectivity index (χ1v) is 5.08. The molecule has 16 heavy (non-hydrogen) atoms. The number of amides is 1. The second-order valence-electron chi connectivity index (χ2n) is 4.18. The minimum atomic E-state index is -1.17. The summed E-state index contributed by atoms with van der Waals surface area (Å²) >= 11 is 0. The lowest BCUT2D eigenvalue weighted by Gasteiger charge is -2.30. The van der Waals surface area contributed by atoms with Gasteiger partial charge in [0.2, 0.25) is 0 Å². The van der Waals surface area contributed by atoms with Crippen molar-refractivity contribution in [3.05, 3.63) is 41.0 Å². The fourth-order valence-electron chi connectivity index (χ4n) is 2.00. The van der Waals surface area contributed by atoms with Gasteiger partial charge >= 0.3 is 0 Å². The first kappa shape index (κ1) is 10.9. The van der Waals surface area contributed by atoms with Crippen LogP contribution in [0.3, 0.4) is 0 Å². The largest absolute Gasteiger partial charge is 0.385 e. The van der Waals surface area contributed by atoms with Crippen molar-refractivity contribution in [2.75, 3.05) is 0 Å². The quantitative estimate of drug-likeness (QED) is 0.362. The maximum Gasteiger partial charge on any atom is 0.264 e. The van der Waals surface area contributed by atoms with Gasteiger partial charge in [-0.2, -0.15) is 0 Å². The van der Waals surface area contributed by atoms with Crippen LogP contribution in [0, 0.1) is 0 Å². The molecular weight excluding hydrogens is 204 g/mol. The van der Waals surface area contributed by atoms with Crippen molar-refractivity contribution in [1.29, 1.82) is 0 Å². The summed E-state index contributed by atoms with van der Waals surface area (Å²) in [5.41, 5.74) is 3.17. The molecule has 0 saturated heterocycles. The molecule has 0 radical (unpaired) electrons. The summed E-state index contributed by atoms with van der Waals surface area (Å²) in [6, 6.07) is 7.66. The molecule has 1 aliphatic carbocycles. The van der Waals surface area contributed by atoms with E-state index in [0.717, 1.165) is 11.1 Å². The lowest BCUT2D eigenvalue weighted by Crippen LogP contribution is -2.43. The van der Waals surface area contributed by atoms with Crippen LogP contribution in [0.1, 0.15) is 18.1 Å². The Labute approximate surface area is 93.7 Å². The lowest BCUT2D eigenvalue weighted by atomic mass is 9.81. The molecule has 4 heteroatoms. The zero-order valence-electron chi connectivity index (χ0n) is 9.03. The minimum absolute atomic E-state index is 0.300. The van der Waals surface area contributed by atoms with Gasteiger partial charge in [-0.15, -0.1) is 0 Å². The first-order chi connectivity index (χ1) is 7.54.